The van der Waals surface area contributed by atoms with Crippen molar-refractivity contribution in [2.45, 2.75) is 32.1 Å². The lowest BCUT2D eigenvalue weighted by atomic mass is 9.99. The topological polar surface area (TPSA) is 54.0 Å². The number of hydrogen-bond acceptors (Lipinski definition) is 4. The van der Waals surface area contributed by atoms with Gasteiger partial charge in [-0.1, -0.05) is 67.2 Å². The number of hydrogen-bond donors (Lipinski definition) is 1. The number of thioether (sulfide) groups is 1. The average molecular weight is 381 g/mol. The van der Waals surface area contributed by atoms with Crippen LogP contribution in [0.5, 0.6) is 0 Å². The molecule has 0 radical (unpaired) electrons. The molecule has 2 aromatic rings. The first-order chi connectivity index (χ1) is 13.2. The van der Waals surface area contributed by atoms with Gasteiger partial charge in [-0.3, -0.25) is 4.90 Å². The van der Waals surface area contributed by atoms with Crippen LogP contribution in [-0.4, -0.2) is 29.4 Å². The molecule has 3 rings (SSSR count). The minimum atomic E-state index is 0.480. The summed E-state index contributed by atoms with van der Waals surface area (Å²) in [5.74, 6) is 1.60. The van der Waals surface area contributed by atoms with Crippen molar-refractivity contribution in [1.82, 2.24) is 4.90 Å². The molecule has 0 bridgehead atoms. The van der Waals surface area contributed by atoms with Crippen LogP contribution in [0.1, 0.15) is 36.5 Å². The Bertz CT molecular complexity index is 773. The molecule has 0 amide bonds. The zero-order valence-corrected chi connectivity index (χ0v) is 16.7. The van der Waals surface area contributed by atoms with Gasteiger partial charge in [-0.25, -0.2) is 0 Å². The normalized spacial score (nSPS) is 18.9. The van der Waals surface area contributed by atoms with Gasteiger partial charge in [-0.05, 0) is 48.1 Å². The molecule has 27 heavy (non-hydrogen) atoms. The second kappa shape index (κ2) is 10.3. The van der Waals surface area contributed by atoms with Crippen molar-refractivity contribution >= 4 is 23.1 Å². The zero-order valence-electron chi connectivity index (χ0n) is 15.9. The number of likely N-dealkylation sites (tertiary alicyclic amines) is 1. The Balaban J connectivity index is 1.52. The first kappa shape index (κ1) is 19.6. The van der Waals surface area contributed by atoms with Crippen LogP contribution >= 0.6 is 11.8 Å². The number of nitrogens with zero attached hydrogens (tertiary/aromatic N) is 3. The van der Waals surface area contributed by atoms with Crippen molar-refractivity contribution in [3.63, 3.8) is 0 Å². The van der Waals surface area contributed by atoms with Gasteiger partial charge >= 0.3 is 0 Å². The third kappa shape index (κ3) is 6.85. The van der Waals surface area contributed by atoms with Gasteiger partial charge < -0.3 is 5.73 Å². The van der Waals surface area contributed by atoms with Crippen LogP contribution in [0.25, 0.3) is 0 Å². The molecular weight excluding hydrogens is 352 g/mol. The van der Waals surface area contributed by atoms with E-state index in [9.17, 15) is 0 Å². The van der Waals surface area contributed by atoms with Crippen LogP contribution in [0.4, 0.5) is 0 Å². The van der Waals surface area contributed by atoms with E-state index in [-0.39, 0.29) is 0 Å². The summed E-state index contributed by atoms with van der Waals surface area (Å²) in [7, 11) is 0. The molecular formula is C22H28N4S. The highest BCUT2D eigenvalue weighted by Gasteiger charge is 2.16. The van der Waals surface area contributed by atoms with E-state index >= 15 is 0 Å². The summed E-state index contributed by atoms with van der Waals surface area (Å²) < 4.78 is 0. The van der Waals surface area contributed by atoms with E-state index in [1.54, 1.807) is 6.21 Å². The van der Waals surface area contributed by atoms with E-state index in [4.69, 9.17) is 5.73 Å². The Kier molecular flexibility index (Phi) is 7.48. The SMILES string of the molecule is CC1CCCN(Cc2cccc(C=NN=C(N)SCc3ccccc3)c2)C1. The Morgan fingerprint density at radius 3 is 2.81 bits per heavy atom. The van der Waals surface area contributed by atoms with E-state index in [0.29, 0.717) is 5.17 Å². The Hall–Kier alpha value is -2.11. The van der Waals surface area contributed by atoms with Gasteiger partial charge in [0.2, 0.25) is 0 Å². The molecule has 0 aromatic heterocycles. The largest absolute Gasteiger partial charge is 0.377 e. The second-order valence-electron chi connectivity index (χ2n) is 7.18. The number of rotatable bonds is 6. The molecule has 2 aromatic carbocycles. The Morgan fingerprint density at radius 2 is 2.00 bits per heavy atom. The highest BCUT2D eigenvalue weighted by molar-refractivity contribution is 8.13. The number of piperidine rings is 1. The molecule has 1 atom stereocenters. The molecule has 0 spiro atoms. The summed E-state index contributed by atoms with van der Waals surface area (Å²) in [4.78, 5) is 2.54. The molecule has 1 aliphatic rings. The van der Waals surface area contributed by atoms with Crippen LogP contribution in [0.2, 0.25) is 0 Å². The van der Waals surface area contributed by atoms with E-state index < -0.39 is 0 Å². The number of amidine groups is 1. The van der Waals surface area contributed by atoms with Crippen LogP contribution in [-0.2, 0) is 12.3 Å². The van der Waals surface area contributed by atoms with Crippen LogP contribution in [0, 0.1) is 5.92 Å². The molecule has 1 saturated heterocycles. The predicted molar refractivity (Wildman–Crippen MR) is 117 cm³/mol. The molecule has 1 fully saturated rings. The number of nitrogens with two attached hydrogens (primary N) is 1. The molecule has 142 valence electrons. The molecule has 0 saturated carbocycles. The lowest BCUT2D eigenvalue weighted by Crippen LogP contribution is -2.33. The summed E-state index contributed by atoms with van der Waals surface area (Å²) in [6, 6.07) is 18.7. The smallest absolute Gasteiger partial charge is 0.180 e. The van der Waals surface area contributed by atoms with Crippen molar-refractivity contribution in [3.8, 4) is 0 Å². The zero-order chi connectivity index (χ0) is 18.9. The maximum absolute atomic E-state index is 5.94. The van der Waals surface area contributed by atoms with Crippen molar-refractivity contribution in [2.75, 3.05) is 13.1 Å². The predicted octanol–water partition coefficient (Wildman–Crippen LogP) is 4.50. The van der Waals surface area contributed by atoms with E-state index in [1.807, 2.05) is 18.2 Å². The van der Waals surface area contributed by atoms with Crippen LogP contribution < -0.4 is 5.73 Å². The van der Waals surface area contributed by atoms with Crippen molar-refractivity contribution in [1.29, 1.82) is 0 Å². The lowest BCUT2D eigenvalue weighted by molar-refractivity contribution is 0.176. The van der Waals surface area contributed by atoms with Crippen LogP contribution in [0.15, 0.2) is 64.8 Å². The summed E-state index contributed by atoms with van der Waals surface area (Å²) >= 11 is 1.50. The first-order valence-electron chi connectivity index (χ1n) is 9.53. The molecule has 2 N–H and O–H groups in total. The Labute approximate surface area is 166 Å². The highest BCUT2D eigenvalue weighted by atomic mass is 32.2. The van der Waals surface area contributed by atoms with Crippen LogP contribution in [0.3, 0.4) is 0 Å². The summed E-state index contributed by atoms with van der Waals surface area (Å²) in [5, 5.41) is 8.74. The highest BCUT2D eigenvalue weighted by Crippen LogP contribution is 2.18. The first-order valence-corrected chi connectivity index (χ1v) is 10.5. The van der Waals surface area contributed by atoms with Gasteiger partial charge in [-0.15, -0.1) is 5.10 Å². The summed E-state index contributed by atoms with van der Waals surface area (Å²) in [6.45, 7) is 5.73. The van der Waals surface area contributed by atoms with Gasteiger partial charge in [0, 0.05) is 18.8 Å². The Morgan fingerprint density at radius 1 is 1.19 bits per heavy atom. The van der Waals surface area contributed by atoms with Crippen molar-refractivity contribution < 1.29 is 0 Å². The molecule has 1 heterocycles. The standard InChI is InChI=1S/C22H28N4S/c1-18-7-6-12-26(15-18)16-21-11-5-10-20(13-21)14-24-25-22(23)27-17-19-8-3-2-4-9-19/h2-5,8-11,13-14,18H,6-7,12,15-17H2,1H3,(H2,23,25). The van der Waals surface area contributed by atoms with Gasteiger partial charge in [-0.2, -0.15) is 5.10 Å². The minimum absolute atomic E-state index is 0.480. The quantitative estimate of drug-likeness (QED) is 0.456. The van der Waals surface area contributed by atoms with E-state index in [0.717, 1.165) is 23.8 Å². The second-order valence-corrected chi connectivity index (χ2v) is 8.18. The third-order valence-electron chi connectivity index (χ3n) is 4.69. The molecule has 0 aliphatic carbocycles. The van der Waals surface area contributed by atoms with Gasteiger partial charge in [0.15, 0.2) is 5.17 Å². The summed E-state index contributed by atoms with van der Waals surface area (Å²) in [5.41, 5.74) is 9.55. The maximum Gasteiger partial charge on any atom is 0.180 e. The summed E-state index contributed by atoms with van der Waals surface area (Å²) in [6.07, 6.45) is 4.43. The maximum atomic E-state index is 5.94. The molecule has 1 unspecified atom stereocenters. The monoisotopic (exact) mass is 380 g/mol. The van der Waals surface area contributed by atoms with Gasteiger partial charge in [0.25, 0.3) is 0 Å². The van der Waals surface area contributed by atoms with Crippen molar-refractivity contribution in [3.05, 3.63) is 71.3 Å². The van der Waals surface area contributed by atoms with Gasteiger partial charge in [0.1, 0.15) is 0 Å². The van der Waals surface area contributed by atoms with E-state index in [1.165, 1.54) is 48.8 Å². The average Bonchev–Trinajstić information content (AvgIpc) is 2.68. The molecule has 5 heteroatoms. The lowest BCUT2D eigenvalue weighted by Gasteiger charge is -2.30. The molecule has 4 nitrogen and oxygen atoms in total. The molecule has 1 aliphatic heterocycles. The fourth-order valence-corrected chi connectivity index (χ4v) is 3.98. The van der Waals surface area contributed by atoms with Crippen molar-refractivity contribution in [2.24, 2.45) is 21.9 Å². The number of benzene rings is 2. The van der Waals surface area contributed by atoms with Gasteiger partial charge in [0.05, 0.1) is 6.21 Å². The van der Waals surface area contributed by atoms with E-state index in [2.05, 4.69) is 58.4 Å². The third-order valence-corrected chi connectivity index (χ3v) is 5.55. The fourth-order valence-electron chi connectivity index (χ4n) is 3.37. The minimum Gasteiger partial charge on any atom is -0.377 e. The fraction of sp³-hybridized carbons (Fsp3) is 0.364.